The number of anilines is 1. The Morgan fingerprint density at radius 2 is 2.18 bits per heavy atom. The van der Waals surface area contributed by atoms with Crippen LogP contribution in [-0.4, -0.2) is 45.7 Å². The topological polar surface area (TPSA) is 74.8 Å². The number of ether oxygens (including phenoxy) is 1. The fourth-order valence-electron chi connectivity index (χ4n) is 1.55. The molecule has 3 N–H and O–H groups in total. The molecular weight excluding hydrogens is 395 g/mol. The van der Waals surface area contributed by atoms with Gasteiger partial charge in [0.25, 0.3) is 0 Å². The first-order valence-electron chi connectivity index (χ1n) is 6.49. The molecular formula is C15H21IN4O2. The first kappa shape index (κ1) is 20.2. The number of hydrogen-bond donors (Lipinski definition) is 3. The molecule has 0 aliphatic rings. The molecule has 0 bridgehead atoms. The van der Waals surface area contributed by atoms with Crippen molar-refractivity contribution in [3.05, 3.63) is 29.8 Å². The monoisotopic (exact) mass is 416 g/mol. The quantitative estimate of drug-likeness (QED) is 0.213. The number of amides is 1. The van der Waals surface area contributed by atoms with E-state index in [0.29, 0.717) is 24.8 Å². The highest BCUT2D eigenvalue weighted by atomic mass is 127. The van der Waals surface area contributed by atoms with Gasteiger partial charge in [-0.3, -0.25) is 9.79 Å². The normalized spacial score (nSPS) is 10.1. The maximum Gasteiger partial charge on any atom is 0.243 e. The lowest BCUT2D eigenvalue weighted by atomic mass is 10.2. The van der Waals surface area contributed by atoms with Gasteiger partial charge < -0.3 is 20.7 Å². The smallest absolute Gasteiger partial charge is 0.243 e. The molecule has 0 aromatic heterocycles. The van der Waals surface area contributed by atoms with Gasteiger partial charge in [-0.1, -0.05) is 12.0 Å². The Bertz CT molecular complexity index is 541. The second kappa shape index (κ2) is 11.8. The molecule has 0 spiro atoms. The lowest BCUT2D eigenvalue weighted by molar-refractivity contribution is -0.115. The maximum absolute atomic E-state index is 11.8. The first-order chi connectivity index (χ1) is 10.2. The Hall–Kier alpha value is -1.79. The van der Waals surface area contributed by atoms with Crippen molar-refractivity contribution < 1.29 is 9.53 Å². The van der Waals surface area contributed by atoms with E-state index in [2.05, 4.69) is 26.9 Å². The SMILES string of the molecule is C#Cc1cccc(NC(=O)CNC(=NC)NCCOC)c1.I. The number of rotatable bonds is 6. The van der Waals surface area contributed by atoms with Gasteiger partial charge in [0.1, 0.15) is 0 Å². The van der Waals surface area contributed by atoms with Gasteiger partial charge in [0.15, 0.2) is 5.96 Å². The summed E-state index contributed by atoms with van der Waals surface area (Å²) in [5.74, 6) is 2.88. The number of guanidine groups is 1. The highest BCUT2D eigenvalue weighted by Gasteiger charge is 2.04. The molecule has 1 aromatic carbocycles. The number of methoxy groups -OCH3 is 1. The average molecular weight is 416 g/mol. The molecule has 1 aromatic rings. The number of aliphatic imine (C=N–C) groups is 1. The molecule has 0 fully saturated rings. The van der Waals surface area contributed by atoms with Crippen molar-refractivity contribution in [1.29, 1.82) is 0 Å². The van der Waals surface area contributed by atoms with Crippen LogP contribution in [-0.2, 0) is 9.53 Å². The van der Waals surface area contributed by atoms with Gasteiger partial charge in [-0.2, -0.15) is 0 Å². The molecule has 22 heavy (non-hydrogen) atoms. The predicted octanol–water partition coefficient (Wildman–Crippen LogP) is 1.04. The summed E-state index contributed by atoms with van der Waals surface area (Å²) in [4.78, 5) is 15.8. The number of hydrogen-bond acceptors (Lipinski definition) is 3. The van der Waals surface area contributed by atoms with Crippen molar-refractivity contribution >= 4 is 41.5 Å². The Labute approximate surface area is 148 Å². The third-order valence-corrected chi connectivity index (χ3v) is 2.55. The van der Waals surface area contributed by atoms with E-state index in [1.165, 1.54) is 0 Å². The van der Waals surface area contributed by atoms with Gasteiger partial charge in [-0.25, -0.2) is 0 Å². The molecule has 0 radical (unpaired) electrons. The Morgan fingerprint density at radius 3 is 2.82 bits per heavy atom. The second-order valence-electron chi connectivity index (χ2n) is 4.12. The van der Waals surface area contributed by atoms with E-state index in [-0.39, 0.29) is 36.4 Å². The van der Waals surface area contributed by atoms with Crippen molar-refractivity contribution in [1.82, 2.24) is 10.6 Å². The van der Waals surface area contributed by atoms with Gasteiger partial charge in [-0.15, -0.1) is 30.4 Å². The van der Waals surface area contributed by atoms with Crippen LogP contribution >= 0.6 is 24.0 Å². The third kappa shape index (κ3) is 7.85. The summed E-state index contributed by atoms with van der Waals surface area (Å²) in [6.07, 6.45) is 5.31. The molecule has 0 saturated carbocycles. The molecule has 0 aliphatic carbocycles. The number of nitrogens with one attached hydrogen (secondary N) is 3. The van der Waals surface area contributed by atoms with E-state index in [4.69, 9.17) is 11.2 Å². The van der Waals surface area contributed by atoms with E-state index in [1.807, 2.05) is 0 Å². The summed E-state index contributed by atoms with van der Waals surface area (Å²) < 4.78 is 4.92. The van der Waals surface area contributed by atoms with E-state index in [1.54, 1.807) is 38.4 Å². The summed E-state index contributed by atoms with van der Waals surface area (Å²) in [5, 5.41) is 8.68. The molecule has 1 amide bonds. The predicted molar refractivity (Wildman–Crippen MR) is 99.7 cm³/mol. The lowest BCUT2D eigenvalue weighted by Crippen LogP contribution is -2.42. The third-order valence-electron chi connectivity index (χ3n) is 2.55. The number of benzene rings is 1. The number of carbonyl (C=O) groups excluding carboxylic acids is 1. The molecule has 6 nitrogen and oxygen atoms in total. The molecule has 0 aliphatic heterocycles. The largest absolute Gasteiger partial charge is 0.383 e. The fraction of sp³-hybridized carbons (Fsp3) is 0.333. The van der Waals surface area contributed by atoms with Crippen molar-refractivity contribution in [3.8, 4) is 12.3 Å². The number of terminal acetylenes is 1. The lowest BCUT2D eigenvalue weighted by Gasteiger charge is -2.11. The zero-order chi connectivity index (χ0) is 15.5. The van der Waals surface area contributed by atoms with Crippen LogP contribution in [0, 0.1) is 12.3 Å². The van der Waals surface area contributed by atoms with Crippen LogP contribution in [0.2, 0.25) is 0 Å². The van der Waals surface area contributed by atoms with Crippen LogP contribution in [0.1, 0.15) is 5.56 Å². The minimum atomic E-state index is -0.182. The van der Waals surface area contributed by atoms with Crippen LogP contribution in [0.3, 0.4) is 0 Å². The van der Waals surface area contributed by atoms with E-state index in [9.17, 15) is 4.79 Å². The van der Waals surface area contributed by atoms with Crippen LogP contribution in [0.4, 0.5) is 5.69 Å². The highest BCUT2D eigenvalue weighted by Crippen LogP contribution is 2.09. The minimum Gasteiger partial charge on any atom is -0.383 e. The number of halogens is 1. The number of nitrogens with zero attached hydrogens (tertiary/aromatic N) is 1. The summed E-state index contributed by atoms with van der Waals surface area (Å²) in [7, 11) is 3.26. The van der Waals surface area contributed by atoms with Crippen molar-refractivity contribution in [3.63, 3.8) is 0 Å². The van der Waals surface area contributed by atoms with Crippen molar-refractivity contribution in [2.45, 2.75) is 0 Å². The van der Waals surface area contributed by atoms with E-state index < -0.39 is 0 Å². The Morgan fingerprint density at radius 1 is 1.41 bits per heavy atom. The number of carbonyl (C=O) groups is 1. The molecule has 120 valence electrons. The van der Waals surface area contributed by atoms with Gasteiger partial charge in [0.05, 0.1) is 13.2 Å². The molecule has 1 rings (SSSR count). The average Bonchev–Trinajstić information content (AvgIpc) is 2.51. The van der Waals surface area contributed by atoms with Crippen molar-refractivity contribution in [2.75, 3.05) is 39.2 Å². The summed E-state index contributed by atoms with van der Waals surface area (Å²) in [6, 6.07) is 7.12. The van der Waals surface area contributed by atoms with Gasteiger partial charge in [0, 0.05) is 32.0 Å². The van der Waals surface area contributed by atoms with Crippen LogP contribution in [0.25, 0.3) is 0 Å². The first-order valence-corrected chi connectivity index (χ1v) is 6.49. The highest BCUT2D eigenvalue weighted by molar-refractivity contribution is 14.0. The van der Waals surface area contributed by atoms with E-state index in [0.717, 1.165) is 5.56 Å². The van der Waals surface area contributed by atoms with Crippen LogP contribution in [0.15, 0.2) is 29.3 Å². The summed E-state index contributed by atoms with van der Waals surface area (Å²) >= 11 is 0. The Kier molecular flexibility index (Phi) is 10.9. The van der Waals surface area contributed by atoms with Crippen LogP contribution < -0.4 is 16.0 Å². The van der Waals surface area contributed by atoms with Gasteiger partial charge >= 0.3 is 0 Å². The molecule has 0 atom stereocenters. The summed E-state index contributed by atoms with van der Waals surface area (Å²) in [6.45, 7) is 1.28. The molecule has 0 unspecified atom stereocenters. The van der Waals surface area contributed by atoms with Gasteiger partial charge in [0.2, 0.25) is 5.91 Å². The molecule has 0 heterocycles. The zero-order valence-corrected chi connectivity index (χ0v) is 15.0. The molecule has 0 saturated heterocycles. The molecule has 7 heteroatoms. The maximum atomic E-state index is 11.8. The van der Waals surface area contributed by atoms with Crippen LogP contribution in [0.5, 0.6) is 0 Å². The second-order valence-corrected chi connectivity index (χ2v) is 4.12. The zero-order valence-electron chi connectivity index (χ0n) is 12.7. The summed E-state index contributed by atoms with van der Waals surface area (Å²) in [5.41, 5.74) is 1.39. The van der Waals surface area contributed by atoms with Gasteiger partial charge in [-0.05, 0) is 18.2 Å². The van der Waals surface area contributed by atoms with E-state index >= 15 is 0 Å². The van der Waals surface area contributed by atoms with Crippen molar-refractivity contribution in [2.24, 2.45) is 4.99 Å². The minimum absolute atomic E-state index is 0. The fourth-order valence-corrected chi connectivity index (χ4v) is 1.55. The standard InChI is InChI=1S/C15H20N4O2.HI/c1-4-12-6-5-7-13(10-12)19-14(20)11-18-15(16-2)17-8-9-21-3;/h1,5-7,10H,8-9,11H2,2-3H3,(H,19,20)(H2,16,17,18);1H. The Balaban J connectivity index is 0.00000441.